The highest BCUT2D eigenvalue weighted by atomic mass is 32.2. The molecule has 3 aromatic rings. The fourth-order valence-corrected chi connectivity index (χ4v) is 4.33. The number of anilines is 1. The van der Waals surface area contributed by atoms with Crippen molar-refractivity contribution in [3.8, 4) is 0 Å². The first-order valence-corrected chi connectivity index (χ1v) is 10.2. The van der Waals surface area contributed by atoms with Crippen molar-refractivity contribution in [2.75, 3.05) is 17.3 Å². The zero-order chi connectivity index (χ0) is 16.2. The molecule has 0 spiro atoms. The average molecular weight is 361 g/mol. The van der Waals surface area contributed by atoms with Crippen LogP contribution in [-0.2, 0) is 0 Å². The van der Waals surface area contributed by atoms with Crippen LogP contribution in [0.4, 0.5) is 5.69 Å². The van der Waals surface area contributed by atoms with Gasteiger partial charge < -0.3 is 5.32 Å². The molecular weight excluding hydrogens is 344 g/mol. The number of carbonyl (C=O) groups is 1. The van der Waals surface area contributed by atoms with E-state index in [0.717, 1.165) is 26.0 Å². The lowest BCUT2D eigenvalue weighted by atomic mass is 10.2. The monoisotopic (exact) mass is 360 g/mol. The second-order valence-electron chi connectivity index (χ2n) is 4.78. The lowest BCUT2D eigenvalue weighted by Gasteiger charge is -2.06. The molecule has 0 aliphatic carbocycles. The number of rotatable bonds is 5. The van der Waals surface area contributed by atoms with Gasteiger partial charge in [0.15, 0.2) is 4.34 Å². The zero-order valence-electron chi connectivity index (χ0n) is 12.8. The molecule has 0 radical (unpaired) electrons. The van der Waals surface area contributed by atoms with Crippen molar-refractivity contribution in [2.45, 2.75) is 16.2 Å². The summed E-state index contributed by atoms with van der Waals surface area (Å²) < 4.78 is 2.12. The molecule has 0 aliphatic heterocycles. The van der Waals surface area contributed by atoms with E-state index in [9.17, 15) is 4.79 Å². The summed E-state index contributed by atoms with van der Waals surface area (Å²) in [6.07, 6.45) is 2.01. The van der Waals surface area contributed by atoms with E-state index in [1.165, 1.54) is 4.90 Å². The molecule has 1 heterocycles. The predicted octanol–water partition coefficient (Wildman–Crippen LogP) is 5.38. The lowest BCUT2D eigenvalue weighted by Crippen LogP contribution is -2.11. The Morgan fingerprint density at radius 2 is 2.00 bits per heavy atom. The number of benzene rings is 2. The van der Waals surface area contributed by atoms with Gasteiger partial charge in [0, 0.05) is 16.1 Å². The number of hydrogen-bond donors (Lipinski definition) is 1. The van der Waals surface area contributed by atoms with E-state index in [1.54, 1.807) is 34.9 Å². The van der Waals surface area contributed by atoms with Crippen molar-refractivity contribution in [2.24, 2.45) is 0 Å². The Balaban J connectivity index is 1.76. The third kappa shape index (κ3) is 3.88. The van der Waals surface area contributed by atoms with E-state index in [0.29, 0.717) is 5.56 Å². The van der Waals surface area contributed by atoms with Gasteiger partial charge in [-0.1, -0.05) is 18.7 Å². The third-order valence-corrected chi connectivity index (χ3v) is 6.13. The maximum Gasteiger partial charge on any atom is 0.255 e. The Morgan fingerprint density at radius 1 is 1.22 bits per heavy atom. The fourth-order valence-electron chi connectivity index (χ4n) is 2.14. The molecule has 1 aromatic heterocycles. The summed E-state index contributed by atoms with van der Waals surface area (Å²) in [5.41, 5.74) is 2.43. The normalized spacial score (nSPS) is 10.9. The number of nitrogens with one attached hydrogen (secondary N) is 1. The molecule has 0 saturated heterocycles. The molecular formula is C17H16N2OS3. The van der Waals surface area contributed by atoms with E-state index in [-0.39, 0.29) is 5.91 Å². The number of aromatic nitrogens is 1. The van der Waals surface area contributed by atoms with Crippen LogP contribution in [0.15, 0.2) is 51.7 Å². The molecule has 0 atom stereocenters. The first-order valence-electron chi connectivity index (χ1n) is 7.18. The van der Waals surface area contributed by atoms with Crippen molar-refractivity contribution in [3.63, 3.8) is 0 Å². The Hall–Kier alpha value is -1.50. The number of amides is 1. The minimum atomic E-state index is -0.0907. The Kier molecular flexibility index (Phi) is 5.25. The average Bonchev–Trinajstić information content (AvgIpc) is 2.98. The van der Waals surface area contributed by atoms with Gasteiger partial charge in [0.05, 0.1) is 10.2 Å². The lowest BCUT2D eigenvalue weighted by molar-refractivity contribution is 0.102. The van der Waals surface area contributed by atoms with Crippen LogP contribution in [0.3, 0.4) is 0 Å². The highest BCUT2D eigenvalue weighted by Crippen LogP contribution is 2.30. The van der Waals surface area contributed by atoms with Gasteiger partial charge in [0.25, 0.3) is 5.91 Å². The fraction of sp³-hybridized carbons (Fsp3) is 0.176. The summed E-state index contributed by atoms with van der Waals surface area (Å²) >= 11 is 5.04. The zero-order valence-corrected chi connectivity index (χ0v) is 15.3. The molecule has 1 N–H and O–H groups in total. The first-order chi connectivity index (χ1) is 11.2. The van der Waals surface area contributed by atoms with Gasteiger partial charge in [0.1, 0.15) is 0 Å². The van der Waals surface area contributed by atoms with E-state index in [4.69, 9.17) is 0 Å². The van der Waals surface area contributed by atoms with Crippen LogP contribution in [0.25, 0.3) is 10.2 Å². The van der Waals surface area contributed by atoms with Gasteiger partial charge in [-0.15, -0.1) is 23.1 Å². The molecule has 0 unspecified atom stereocenters. The molecule has 0 fully saturated rings. The maximum atomic E-state index is 12.3. The molecule has 23 heavy (non-hydrogen) atoms. The standard InChI is InChI=1S/C17H16N2OS3/c1-3-22-13-7-4-11(5-8-13)16(20)18-12-6-9-14-15(10-12)23-17(19-14)21-2/h4-10H,3H2,1-2H3,(H,18,20). The highest BCUT2D eigenvalue weighted by molar-refractivity contribution is 8.00. The van der Waals surface area contributed by atoms with Gasteiger partial charge in [-0.25, -0.2) is 4.98 Å². The molecule has 118 valence electrons. The Bertz CT molecular complexity index is 827. The molecule has 6 heteroatoms. The number of hydrogen-bond acceptors (Lipinski definition) is 5. The van der Waals surface area contributed by atoms with E-state index >= 15 is 0 Å². The molecule has 1 amide bonds. The smallest absolute Gasteiger partial charge is 0.255 e. The van der Waals surface area contributed by atoms with Gasteiger partial charge in [0.2, 0.25) is 0 Å². The summed E-state index contributed by atoms with van der Waals surface area (Å²) in [4.78, 5) is 18.0. The van der Waals surface area contributed by atoms with Crippen LogP contribution in [-0.4, -0.2) is 22.9 Å². The molecule has 3 rings (SSSR count). The van der Waals surface area contributed by atoms with Crippen LogP contribution in [0.5, 0.6) is 0 Å². The van der Waals surface area contributed by atoms with E-state index in [1.807, 2.05) is 48.7 Å². The second-order valence-corrected chi connectivity index (χ2v) is 8.20. The van der Waals surface area contributed by atoms with Gasteiger partial charge in [-0.05, 0) is 54.5 Å². The third-order valence-electron chi connectivity index (χ3n) is 3.23. The number of carbonyl (C=O) groups excluding carboxylic acids is 1. The van der Waals surface area contributed by atoms with Gasteiger partial charge in [-0.2, -0.15) is 0 Å². The minimum absolute atomic E-state index is 0.0907. The van der Waals surface area contributed by atoms with Gasteiger partial charge in [-0.3, -0.25) is 4.79 Å². The SMILES string of the molecule is CCSc1ccc(C(=O)Nc2ccc3nc(SC)sc3c2)cc1. The molecule has 0 saturated carbocycles. The summed E-state index contributed by atoms with van der Waals surface area (Å²) in [5, 5.41) is 2.96. The topological polar surface area (TPSA) is 42.0 Å². The number of thiazole rings is 1. The van der Waals surface area contributed by atoms with Crippen molar-refractivity contribution < 1.29 is 4.79 Å². The van der Waals surface area contributed by atoms with Crippen LogP contribution in [0, 0.1) is 0 Å². The summed E-state index contributed by atoms with van der Waals surface area (Å²) in [6.45, 7) is 2.11. The highest BCUT2D eigenvalue weighted by Gasteiger charge is 2.08. The summed E-state index contributed by atoms with van der Waals surface area (Å²) in [5.74, 6) is 0.935. The van der Waals surface area contributed by atoms with Crippen LogP contribution >= 0.6 is 34.9 Å². The number of fused-ring (bicyclic) bond motifs is 1. The summed E-state index contributed by atoms with van der Waals surface area (Å²) in [7, 11) is 0. The van der Waals surface area contributed by atoms with Gasteiger partial charge >= 0.3 is 0 Å². The van der Waals surface area contributed by atoms with Crippen LogP contribution in [0.2, 0.25) is 0 Å². The molecule has 0 aliphatic rings. The van der Waals surface area contributed by atoms with Crippen LogP contribution < -0.4 is 5.32 Å². The van der Waals surface area contributed by atoms with Crippen molar-refractivity contribution in [3.05, 3.63) is 48.0 Å². The van der Waals surface area contributed by atoms with E-state index in [2.05, 4.69) is 17.2 Å². The first kappa shape index (κ1) is 16.4. The van der Waals surface area contributed by atoms with Crippen molar-refractivity contribution in [1.29, 1.82) is 0 Å². The predicted molar refractivity (Wildman–Crippen MR) is 102 cm³/mol. The quantitative estimate of drug-likeness (QED) is 0.620. The molecule has 3 nitrogen and oxygen atoms in total. The van der Waals surface area contributed by atoms with Crippen molar-refractivity contribution >= 4 is 56.7 Å². The van der Waals surface area contributed by atoms with E-state index < -0.39 is 0 Å². The Labute approximate surface area is 147 Å². The summed E-state index contributed by atoms with van der Waals surface area (Å²) in [6, 6.07) is 13.5. The maximum absolute atomic E-state index is 12.3. The number of nitrogens with zero attached hydrogens (tertiary/aromatic N) is 1. The molecule has 0 bridgehead atoms. The minimum Gasteiger partial charge on any atom is -0.322 e. The Morgan fingerprint density at radius 3 is 2.70 bits per heavy atom. The second kappa shape index (κ2) is 7.38. The van der Waals surface area contributed by atoms with Crippen molar-refractivity contribution in [1.82, 2.24) is 4.98 Å². The largest absolute Gasteiger partial charge is 0.322 e. The number of thioether (sulfide) groups is 2. The van der Waals surface area contributed by atoms with Crippen LogP contribution in [0.1, 0.15) is 17.3 Å². The molecule has 2 aromatic carbocycles.